The van der Waals surface area contributed by atoms with Crippen LogP contribution in [0.5, 0.6) is 5.75 Å². The zero-order valence-corrected chi connectivity index (χ0v) is 21.8. The molecule has 0 bridgehead atoms. The average Bonchev–Trinajstić information content (AvgIpc) is 3.12. The van der Waals surface area contributed by atoms with Crippen molar-refractivity contribution >= 4 is 17.8 Å². The van der Waals surface area contributed by atoms with Crippen molar-refractivity contribution in [1.82, 2.24) is 10.2 Å². The highest BCUT2D eigenvalue weighted by Gasteiger charge is 2.43. The smallest absolute Gasteiger partial charge is 0.251 e. The van der Waals surface area contributed by atoms with E-state index in [1.807, 2.05) is 70.2 Å². The molecule has 5 rings (SSSR count). The van der Waals surface area contributed by atoms with Gasteiger partial charge in [-0.1, -0.05) is 38.1 Å². The number of aliphatic imine (C=N–C) groups is 1. The number of hydrogen-bond donors (Lipinski definition) is 2. The van der Waals surface area contributed by atoms with Gasteiger partial charge in [0.15, 0.2) is 5.96 Å². The van der Waals surface area contributed by atoms with Gasteiger partial charge in [0.05, 0.1) is 24.0 Å². The van der Waals surface area contributed by atoms with Gasteiger partial charge in [-0.05, 0) is 68.9 Å². The summed E-state index contributed by atoms with van der Waals surface area (Å²) < 4.78 is 6.12. The molecule has 7 heteroatoms. The van der Waals surface area contributed by atoms with Crippen molar-refractivity contribution in [2.75, 3.05) is 0 Å². The third kappa shape index (κ3) is 4.25. The summed E-state index contributed by atoms with van der Waals surface area (Å²) in [6.45, 7) is 10.2. The van der Waals surface area contributed by atoms with Crippen molar-refractivity contribution in [3.05, 3.63) is 64.7 Å². The second-order valence-corrected chi connectivity index (χ2v) is 11.4. The molecule has 0 unspecified atom stereocenters. The Morgan fingerprint density at radius 3 is 2.67 bits per heavy atom. The lowest BCUT2D eigenvalue weighted by Crippen LogP contribution is -2.52. The maximum atomic E-state index is 13.5. The minimum Gasteiger partial charge on any atom is -0.487 e. The van der Waals surface area contributed by atoms with Crippen molar-refractivity contribution < 1.29 is 14.3 Å². The third-order valence-corrected chi connectivity index (χ3v) is 7.96. The molecule has 2 aromatic rings. The molecule has 2 aliphatic heterocycles. The quantitative estimate of drug-likeness (QED) is 0.654. The van der Waals surface area contributed by atoms with Crippen molar-refractivity contribution in [3.63, 3.8) is 0 Å². The highest BCUT2D eigenvalue weighted by Crippen LogP contribution is 2.43. The Bertz CT molecular complexity index is 1250. The minimum absolute atomic E-state index is 0.00699. The number of nitrogens with two attached hydrogens (primary N) is 1. The summed E-state index contributed by atoms with van der Waals surface area (Å²) >= 11 is 0. The summed E-state index contributed by atoms with van der Waals surface area (Å²) in [5.41, 5.74) is 9.22. The fourth-order valence-electron chi connectivity index (χ4n) is 5.94. The number of carbonyl (C=O) groups excluding carboxylic acids is 2. The first-order valence-corrected chi connectivity index (χ1v) is 12.9. The van der Waals surface area contributed by atoms with Gasteiger partial charge in [0.1, 0.15) is 11.4 Å². The number of nitrogens with one attached hydrogen (secondary N) is 1. The lowest BCUT2D eigenvalue weighted by Gasteiger charge is -2.39. The highest BCUT2D eigenvalue weighted by molar-refractivity contribution is 6.00. The number of amides is 2. The Labute approximate surface area is 213 Å². The molecule has 0 saturated carbocycles. The van der Waals surface area contributed by atoms with E-state index in [9.17, 15) is 9.59 Å². The van der Waals surface area contributed by atoms with Gasteiger partial charge >= 0.3 is 0 Å². The van der Waals surface area contributed by atoms with Gasteiger partial charge in [-0.2, -0.15) is 0 Å². The number of fused-ring (bicyclic) bond motifs is 2. The SMILES string of the molecule is CC[C@]1(C)CC(=O)N([C@@H]2c3cc(C(=O)N[C@H]4CC(C)(C)Oc5ccccc54)ccc3C[C@H]2C)C(N)=N1. The van der Waals surface area contributed by atoms with Crippen LogP contribution in [0.2, 0.25) is 0 Å². The Hall–Kier alpha value is -3.35. The fourth-order valence-corrected chi connectivity index (χ4v) is 5.94. The molecular weight excluding hydrogens is 452 g/mol. The predicted octanol–water partition coefficient (Wildman–Crippen LogP) is 4.67. The number of ether oxygens (including phenoxy) is 1. The highest BCUT2D eigenvalue weighted by atomic mass is 16.5. The molecule has 0 spiro atoms. The van der Waals surface area contributed by atoms with Crippen LogP contribution in [0.15, 0.2) is 47.5 Å². The molecule has 0 fully saturated rings. The summed E-state index contributed by atoms with van der Waals surface area (Å²) in [6.07, 6.45) is 2.58. The van der Waals surface area contributed by atoms with Gasteiger partial charge in [-0.25, -0.2) is 4.99 Å². The first kappa shape index (κ1) is 24.3. The van der Waals surface area contributed by atoms with Crippen LogP contribution in [0, 0.1) is 5.92 Å². The zero-order valence-electron chi connectivity index (χ0n) is 21.8. The molecule has 4 atom stereocenters. The van der Waals surface area contributed by atoms with Crippen molar-refractivity contribution in [2.45, 2.75) is 83.5 Å². The molecule has 190 valence electrons. The Balaban J connectivity index is 1.44. The van der Waals surface area contributed by atoms with E-state index in [2.05, 4.69) is 12.2 Å². The van der Waals surface area contributed by atoms with Crippen molar-refractivity contribution in [1.29, 1.82) is 0 Å². The predicted molar refractivity (Wildman–Crippen MR) is 140 cm³/mol. The summed E-state index contributed by atoms with van der Waals surface area (Å²) in [4.78, 5) is 33.1. The Morgan fingerprint density at radius 2 is 1.94 bits per heavy atom. The number of benzene rings is 2. The average molecular weight is 489 g/mol. The van der Waals surface area contributed by atoms with Gasteiger partial charge < -0.3 is 15.8 Å². The van der Waals surface area contributed by atoms with Crippen LogP contribution in [0.4, 0.5) is 0 Å². The number of carbonyl (C=O) groups is 2. The molecule has 0 saturated heterocycles. The van der Waals surface area contributed by atoms with E-state index in [1.54, 1.807) is 4.90 Å². The van der Waals surface area contributed by atoms with Crippen LogP contribution < -0.4 is 15.8 Å². The maximum Gasteiger partial charge on any atom is 0.251 e. The first-order chi connectivity index (χ1) is 17.0. The third-order valence-electron chi connectivity index (χ3n) is 7.96. The van der Waals surface area contributed by atoms with E-state index in [4.69, 9.17) is 15.5 Å². The monoisotopic (exact) mass is 488 g/mol. The maximum absolute atomic E-state index is 13.5. The number of guanidine groups is 1. The molecule has 3 N–H and O–H groups in total. The van der Waals surface area contributed by atoms with E-state index in [0.29, 0.717) is 18.4 Å². The van der Waals surface area contributed by atoms with Crippen LogP contribution in [0.1, 0.15) is 93.0 Å². The van der Waals surface area contributed by atoms with Crippen LogP contribution >= 0.6 is 0 Å². The second kappa shape index (κ2) is 8.64. The topological polar surface area (TPSA) is 97.0 Å². The minimum atomic E-state index is -0.460. The molecular formula is C29H36N4O3. The molecule has 2 heterocycles. The summed E-state index contributed by atoms with van der Waals surface area (Å²) in [6, 6.07) is 13.3. The molecule has 36 heavy (non-hydrogen) atoms. The number of nitrogens with zero attached hydrogens (tertiary/aromatic N) is 2. The van der Waals surface area contributed by atoms with Crippen molar-refractivity contribution in [3.8, 4) is 5.75 Å². The standard InChI is InChI=1S/C29H36N4O3/c1-6-29(5)16-24(34)33(27(30)32-29)25-17(2)13-18-11-12-19(14-21(18)25)26(35)31-22-15-28(3,4)36-23-10-8-7-9-20(22)23/h7-12,14,17,22,25H,6,13,15-16H2,1-5H3,(H2,30,32)(H,31,35)/t17-,22+,25+,29-/m1/s1. The summed E-state index contributed by atoms with van der Waals surface area (Å²) in [5, 5.41) is 3.23. The molecule has 2 aromatic carbocycles. The van der Waals surface area contributed by atoms with E-state index in [1.165, 1.54) is 0 Å². The normalized spacial score (nSPS) is 28.6. The van der Waals surface area contributed by atoms with Gasteiger partial charge in [-0.3, -0.25) is 14.5 Å². The number of para-hydroxylation sites is 1. The first-order valence-electron chi connectivity index (χ1n) is 12.9. The molecule has 1 aliphatic carbocycles. The molecule has 0 radical (unpaired) electrons. The summed E-state index contributed by atoms with van der Waals surface area (Å²) in [5.74, 6) is 1.10. The number of hydrogen-bond acceptors (Lipinski definition) is 5. The van der Waals surface area contributed by atoms with E-state index in [-0.39, 0.29) is 41.4 Å². The van der Waals surface area contributed by atoms with Gasteiger partial charge in [0.2, 0.25) is 5.91 Å². The lowest BCUT2D eigenvalue weighted by atomic mass is 9.89. The van der Waals surface area contributed by atoms with Crippen LogP contribution in [0.3, 0.4) is 0 Å². The van der Waals surface area contributed by atoms with Gasteiger partial charge in [-0.15, -0.1) is 0 Å². The van der Waals surface area contributed by atoms with Gasteiger partial charge in [0.25, 0.3) is 5.91 Å². The fraction of sp³-hybridized carbons (Fsp3) is 0.483. The molecule has 7 nitrogen and oxygen atoms in total. The second-order valence-electron chi connectivity index (χ2n) is 11.4. The largest absolute Gasteiger partial charge is 0.487 e. The summed E-state index contributed by atoms with van der Waals surface area (Å²) in [7, 11) is 0. The van der Waals surface area contributed by atoms with Crippen LogP contribution in [0.25, 0.3) is 0 Å². The van der Waals surface area contributed by atoms with Crippen molar-refractivity contribution in [2.24, 2.45) is 16.6 Å². The van der Waals surface area contributed by atoms with E-state index < -0.39 is 5.54 Å². The van der Waals surface area contributed by atoms with E-state index >= 15 is 0 Å². The number of rotatable bonds is 4. The molecule has 0 aromatic heterocycles. The van der Waals surface area contributed by atoms with Crippen LogP contribution in [-0.2, 0) is 11.2 Å². The lowest BCUT2D eigenvalue weighted by molar-refractivity contribution is -0.132. The Morgan fingerprint density at radius 1 is 1.19 bits per heavy atom. The van der Waals surface area contributed by atoms with Crippen LogP contribution in [-0.4, -0.2) is 33.8 Å². The zero-order chi connectivity index (χ0) is 25.8. The van der Waals surface area contributed by atoms with E-state index in [0.717, 1.165) is 35.3 Å². The Kier molecular flexibility index (Phi) is 5.85. The molecule has 2 amide bonds. The molecule has 3 aliphatic rings. The van der Waals surface area contributed by atoms with Gasteiger partial charge in [0, 0.05) is 17.5 Å².